The number of benzene rings is 1. The number of rotatable bonds is 4. The first kappa shape index (κ1) is 15.0. The van der Waals surface area contributed by atoms with Gasteiger partial charge in [0.05, 0.1) is 10.6 Å². The average Bonchev–Trinajstić information content (AvgIpc) is 2.48. The van der Waals surface area contributed by atoms with Gasteiger partial charge in [-0.1, -0.05) is 0 Å². The highest BCUT2D eigenvalue weighted by atomic mass is 16.6. The minimum atomic E-state index is -0.457. The summed E-state index contributed by atoms with van der Waals surface area (Å²) in [5.74, 6) is 0.319. The molecule has 1 aromatic rings. The van der Waals surface area contributed by atoms with Gasteiger partial charge in [0.1, 0.15) is 0 Å². The molecule has 1 fully saturated rings. The molecule has 21 heavy (non-hydrogen) atoms. The summed E-state index contributed by atoms with van der Waals surface area (Å²) >= 11 is 0. The number of nitrogens with one attached hydrogen (secondary N) is 1. The lowest BCUT2D eigenvalue weighted by Gasteiger charge is -2.28. The van der Waals surface area contributed by atoms with Crippen molar-refractivity contribution < 1.29 is 9.72 Å². The maximum atomic E-state index is 11.7. The van der Waals surface area contributed by atoms with Crippen molar-refractivity contribution in [3.63, 3.8) is 0 Å². The molecule has 0 radical (unpaired) electrons. The quantitative estimate of drug-likeness (QED) is 0.398. The van der Waals surface area contributed by atoms with Crippen LogP contribution in [0, 0.1) is 10.1 Å². The summed E-state index contributed by atoms with van der Waals surface area (Å²) < 4.78 is 0. The molecular formula is C14H18N4O3. The molecule has 1 aliphatic rings. The van der Waals surface area contributed by atoms with Gasteiger partial charge in [-0.3, -0.25) is 20.3 Å². The van der Waals surface area contributed by atoms with Crippen LogP contribution in [0.5, 0.6) is 0 Å². The Morgan fingerprint density at radius 1 is 1.24 bits per heavy atom. The average molecular weight is 290 g/mol. The van der Waals surface area contributed by atoms with Gasteiger partial charge in [0.25, 0.3) is 5.69 Å². The molecule has 1 saturated heterocycles. The highest BCUT2D eigenvalue weighted by Crippen LogP contribution is 2.16. The summed E-state index contributed by atoms with van der Waals surface area (Å²) in [5.41, 5.74) is 3.42. The van der Waals surface area contributed by atoms with Crippen molar-refractivity contribution in [2.45, 2.75) is 26.2 Å². The van der Waals surface area contributed by atoms with Gasteiger partial charge < -0.3 is 4.90 Å². The number of hydrogen-bond acceptors (Lipinski definition) is 5. The van der Waals surface area contributed by atoms with Gasteiger partial charge >= 0.3 is 0 Å². The summed E-state index contributed by atoms with van der Waals surface area (Å²) in [4.78, 5) is 23.8. The Bertz CT molecular complexity index is 548. The van der Waals surface area contributed by atoms with Gasteiger partial charge in [-0.05, 0) is 31.4 Å². The monoisotopic (exact) mass is 290 g/mol. The molecule has 0 aromatic heterocycles. The number of carbonyl (C=O) groups is 1. The Kier molecular flexibility index (Phi) is 4.86. The standard InChI is InChI=1S/C14H18N4O3/c1-11(19)14(17-9-3-2-4-10-17)16-15-12-5-7-13(8-6-12)18(20)21/h5-8,15H,2-4,9-10H2,1H3/b16-14-. The molecule has 0 bridgehead atoms. The number of likely N-dealkylation sites (tertiary alicyclic amines) is 1. The van der Waals surface area contributed by atoms with Gasteiger partial charge in [-0.15, -0.1) is 0 Å². The number of hydrogen-bond donors (Lipinski definition) is 1. The number of hydrazone groups is 1. The molecule has 2 rings (SSSR count). The molecule has 1 N–H and O–H groups in total. The molecule has 0 atom stereocenters. The van der Waals surface area contributed by atoms with Crippen molar-refractivity contribution in [1.82, 2.24) is 4.90 Å². The molecule has 0 amide bonds. The highest BCUT2D eigenvalue weighted by molar-refractivity contribution is 6.37. The molecule has 1 aliphatic heterocycles. The van der Waals surface area contributed by atoms with E-state index in [1.54, 1.807) is 12.1 Å². The van der Waals surface area contributed by atoms with Gasteiger partial charge in [0, 0.05) is 32.1 Å². The fourth-order valence-electron chi connectivity index (χ4n) is 2.25. The Morgan fingerprint density at radius 2 is 1.86 bits per heavy atom. The Balaban J connectivity index is 2.08. The second-order valence-electron chi connectivity index (χ2n) is 4.96. The fourth-order valence-corrected chi connectivity index (χ4v) is 2.25. The number of ketones is 1. The third-order valence-corrected chi connectivity index (χ3v) is 3.34. The van der Waals surface area contributed by atoms with E-state index >= 15 is 0 Å². The predicted molar refractivity (Wildman–Crippen MR) is 80.3 cm³/mol. The molecule has 1 aromatic carbocycles. The number of Topliss-reactive ketones (excluding diaryl/α,β-unsaturated/α-hetero) is 1. The largest absolute Gasteiger partial charge is 0.352 e. The normalized spacial score (nSPS) is 15.7. The molecule has 112 valence electrons. The van der Waals surface area contributed by atoms with Crippen LogP contribution in [0.15, 0.2) is 29.4 Å². The lowest BCUT2D eigenvalue weighted by atomic mass is 10.1. The molecule has 1 heterocycles. The van der Waals surface area contributed by atoms with Gasteiger partial charge in [-0.2, -0.15) is 5.10 Å². The van der Waals surface area contributed by atoms with Crippen LogP contribution in [-0.4, -0.2) is 34.5 Å². The van der Waals surface area contributed by atoms with E-state index in [0.717, 1.165) is 25.9 Å². The van der Waals surface area contributed by atoms with Crippen LogP contribution in [0.4, 0.5) is 11.4 Å². The lowest BCUT2D eigenvalue weighted by Crippen LogP contribution is -2.39. The number of nitro groups is 1. The van der Waals surface area contributed by atoms with Crippen LogP contribution < -0.4 is 5.43 Å². The zero-order valence-electron chi connectivity index (χ0n) is 11.9. The van der Waals surface area contributed by atoms with Gasteiger partial charge in [-0.25, -0.2) is 0 Å². The number of non-ortho nitro benzene ring substituents is 1. The summed E-state index contributed by atoms with van der Waals surface area (Å²) in [6, 6.07) is 5.92. The van der Waals surface area contributed by atoms with Crippen molar-refractivity contribution in [1.29, 1.82) is 0 Å². The molecule has 0 saturated carbocycles. The maximum Gasteiger partial charge on any atom is 0.269 e. The number of carbonyl (C=O) groups excluding carboxylic acids is 1. The van der Waals surface area contributed by atoms with Crippen LogP contribution in [0.1, 0.15) is 26.2 Å². The van der Waals surface area contributed by atoms with Crippen molar-refractivity contribution in [3.05, 3.63) is 34.4 Å². The zero-order chi connectivity index (χ0) is 15.2. The number of amidine groups is 1. The number of anilines is 1. The second-order valence-corrected chi connectivity index (χ2v) is 4.96. The Labute approximate surface area is 122 Å². The van der Waals surface area contributed by atoms with E-state index in [2.05, 4.69) is 10.5 Å². The minimum absolute atomic E-state index is 0.0207. The fraction of sp³-hybridized carbons (Fsp3) is 0.429. The van der Waals surface area contributed by atoms with Gasteiger partial charge in [0.15, 0.2) is 11.6 Å². The molecule has 7 heteroatoms. The summed E-state index contributed by atoms with van der Waals surface area (Å²) in [5, 5.41) is 14.7. The third kappa shape index (κ3) is 4.01. The van der Waals surface area contributed by atoms with Crippen LogP contribution in [-0.2, 0) is 4.79 Å². The van der Waals surface area contributed by atoms with E-state index in [-0.39, 0.29) is 11.5 Å². The molecular weight excluding hydrogens is 272 g/mol. The number of nitrogens with zero attached hydrogens (tertiary/aromatic N) is 3. The van der Waals surface area contributed by atoms with Gasteiger partial charge in [0.2, 0.25) is 0 Å². The van der Waals surface area contributed by atoms with Crippen LogP contribution >= 0.6 is 0 Å². The van der Waals surface area contributed by atoms with E-state index in [4.69, 9.17) is 0 Å². The second kappa shape index (κ2) is 6.83. The van der Waals surface area contributed by atoms with E-state index in [1.807, 2.05) is 4.90 Å². The zero-order valence-corrected chi connectivity index (χ0v) is 11.9. The molecule has 7 nitrogen and oxygen atoms in total. The first-order valence-electron chi connectivity index (χ1n) is 6.92. The number of nitro benzene ring substituents is 1. The summed E-state index contributed by atoms with van der Waals surface area (Å²) in [7, 11) is 0. The van der Waals surface area contributed by atoms with E-state index in [0.29, 0.717) is 11.5 Å². The Morgan fingerprint density at radius 3 is 2.38 bits per heavy atom. The first-order valence-corrected chi connectivity index (χ1v) is 6.92. The molecule has 0 unspecified atom stereocenters. The van der Waals surface area contributed by atoms with Crippen molar-refractivity contribution in [2.24, 2.45) is 5.10 Å². The maximum absolute atomic E-state index is 11.7. The van der Waals surface area contributed by atoms with Crippen LogP contribution in [0.25, 0.3) is 0 Å². The topological polar surface area (TPSA) is 87.8 Å². The predicted octanol–water partition coefficient (Wildman–Crippen LogP) is 2.40. The third-order valence-electron chi connectivity index (χ3n) is 3.34. The highest BCUT2D eigenvalue weighted by Gasteiger charge is 2.18. The van der Waals surface area contributed by atoms with E-state index < -0.39 is 4.92 Å². The molecule has 0 spiro atoms. The van der Waals surface area contributed by atoms with Crippen LogP contribution in [0.3, 0.4) is 0 Å². The van der Waals surface area contributed by atoms with Crippen LogP contribution in [0.2, 0.25) is 0 Å². The summed E-state index contributed by atoms with van der Waals surface area (Å²) in [6.45, 7) is 3.16. The lowest BCUT2D eigenvalue weighted by molar-refractivity contribution is -0.384. The molecule has 0 aliphatic carbocycles. The van der Waals surface area contributed by atoms with E-state index in [9.17, 15) is 14.9 Å². The summed E-state index contributed by atoms with van der Waals surface area (Å²) in [6.07, 6.45) is 3.30. The smallest absolute Gasteiger partial charge is 0.269 e. The SMILES string of the molecule is CC(=O)/C(=N/Nc1ccc([N+](=O)[O-])cc1)N1CCCCC1. The van der Waals surface area contributed by atoms with E-state index in [1.165, 1.54) is 25.5 Å². The Hall–Kier alpha value is -2.44. The van der Waals surface area contributed by atoms with Crippen molar-refractivity contribution >= 4 is 23.0 Å². The van der Waals surface area contributed by atoms with Crippen molar-refractivity contribution in [2.75, 3.05) is 18.5 Å². The van der Waals surface area contributed by atoms with Crippen molar-refractivity contribution in [3.8, 4) is 0 Å². The number of piperidine rings is 1. The minimum Gasteiger partial charge on any atom is -0.352 e. The first-order chi connectivity index (χ1) is 10.1.